The first kappa shape index (κ1) is 24.0. The van der Waals surface area contributed by atoms with E-state index in [1.165, 1.54) is 30.7 Å². The van der Waals surface area contributed by atoms with Crippen LogP contribution in [0.2, 0.25) is 25.7 Å². The minimum Gasteiger partial charge on any atom is -0.360 e. The van der Waals surface area contributed by atoms with Crippen LogP contribution < -0.4 is 0 Å². The van der Waals surface area contributed by atoms with E-state index in [0.29, 0.717) is 18.1 Å². The third-order valence-electron chi connectivity index (χ3n) is 7.07. The molecule has 33 heavy (non-hydrogen) atoms. The number of alkyl halides is 2. The van der Waals surface area contributed by atoms with E-state index < -0.39 is 14.0 Å². The van der Waals surface area contributed by atoms with Crippen LogP contribution in [0.5, 0.6) is 0 Å². The lowest BCUT2D eigenvalue weighted by Crippen LogP contribution is -2.23. The van der Waals surface area contributed by atoms with E-state index in [9.17, 15) is 8.78 Å². The minimum absolute atomic E-state index is 0.133. The van der Waals surface area contributed by atoms with E-state index in [1.807, 2.05) is 4.68 Å². The Morgan fingerprint density at radius 1 is 1.36 bits per heavy atom. The summed E-state index contributed by atoms with van der Waals surface area (Å²) >= 11 is 0. The Morgan fingerprint density at radius 3 is 2.79 bits per heavy atom. The Balaban J connectivity index is 1.60. The molecular weight excluding hydrogens is 436 g/mol. The molecule has 0 N–H and O–H groups in total. The average Bonchev–Trinajstić information content (AvgIpc) is 3.30. The van der Waals surface area contributed by atoms with Crippen molar-refractivity contribution in [2.75, 3.05) is 6.61 Å². The Kier molecular flexibility index (Phi) is 6.25. The van der Waals surface area contributed by atoms with E-state index >= 15 is 0 Å². The molecule has 0 unspecified atom stereocenters. The number of allylic oxidation sites excluding steroid dienone is 1. The molecular formula is C26H35F2N3OSi. The molecule has 1 aromatic carbocycles. The summed E-state index contributed by atoms with van der Waals surface area (Å²) in [6.07, 6.45) is 4.82. The summed E-state index contributed by atoms with van der Waals surface area (Å²) in [5.74, 6) is -2.46. The number of hydrogen-bond donors (Lipinski definition) is 0. The summed E-state index contributed by atoms with van der Waals surface area (Å²) in [5.41, 5.74) is 3.43. The van der Waals surface area contributed by atoms with Crippen molar-refractivity contribution in [1.29, 1.82) is 0 Å². The van der Waals surface area contributed by atoms with Crippen molar-refractivity contribution in [3.05, 3.63) is 58.9 Å². The summed E-state index contributed by atoms with van der Waals surface area (Å²) in [5, 5.41) is 4.80. The number of para-hydroxylation sites is 1. The zero-order chi connectivity index (χ0) is 24.0. The monoisotopic (exact) mass is 471 g/mol. The predicted octanol–water partition coefficient (Wildman–Crippen LogP) is 6.74. The van der Waals surface area contributed by atoms with Crippen molar-refractivity contribution < 1.29 is 13.5 Å². The van der Waals surface area contributed by atoms with Crippen molar-refractivity contribution in [2.45, 2.75) is 71.4 Å². The Morgan fingerprint density at radius 2 is 2.09 bits per heavy atom. The Hall–Kier alpha value is -2.12. The minimum atomic E-state index is -3.13. The molecule has 0 radical (unpaired) electrons. The van der Waals surface area contributed by atoms with Crippen LogP contribution in [-0.2, 0) is 30.2 Å². The molecule has 2 atom stereocenters. The molecule has 0 bridgehead atoms. The zero-order valence-corrected chi connectivity index (χ0v) is 21.4. The summed E-state index contributed by atoms with van der Waals surface area (Å²) in [6.45, 7) is 15.3. The maximum atomic E-state index is 14.7. The quantitative estimate of drug-likeness (QED) is 0.176. The second kappa shape index (κ2) is 8.58. The van der Waals surface area contributed by atoms with Gasteiger partial charge in [0.2, 0.25) is 0 Å². The Bertz CT molecular complexity index is 1090. The largest absolute Gasteiger partial charge is 0.360 e. The fourth-order valence-corrected chi connectivity index (χ4v) is 5.35. The first-order chi connectivity index (χ1) is 15.4. The lowest BCUT2D eigenvalue weighted by atomic mass is 9.87. The van der Waals surface area contributed by atoms with Crippen LogP contribution in [-0.4, -0.2) is 30.7 Å². The molecule has 1 aromatic heterocycles. The van der Waals surface area contributed by atoms with Gasteiger partial charge in [-0.25, -0.2) is 4.68 Å². The van der Waals surface area contributed by atoms with Gasteiger partial charge in [0.1, 0.15) is 12.4 Å². The van der Waals surface area contributed by atoms with Crippen LogP contribution >= 0.6 is 0 Å². The molecule has 2 aliphatic rings. The predicted molar refractivity (Wildman–Crippen MR) is 132 cm³/mol. The van der Waals surface area contributed by atoms with Gasteiger partial charge in [-0.3, -0.25) is 4.99 Å². The number of halogens is 2. The normalized spacial score (nSPS) is 22.3. The van der Waals surface area contributed by atoms with Gasteiger partial charge in [-0.2, -0.15) is 13.9 Å². The first-order valence-electron chi connectivity index (χ1n) is 11.7. The van der Waals surface area contributed by atoms with Crippen LogP contribution in [0.1, 0.15) is 42.8 Å². The molecule has 178 valence electrons. The van der Waals surface area contributed by atoms with Crippen LogP contribution in [0.4, 0.5) is 14.5 Å². The van der Waals surface area contributed by atoms with Crippen molar-refractivity contribution >= 4 is 20.0 Å². The number of benzene rings is 1. The third-order valence-corrected chi connectivity index (χ3v) is 8.78. The number of hydrogen-bond acceptors (Lipinski definition) is 3. The zero-order valence-electron chi connectivity index (χ0n) is 20.4. The molecule has 0 aliphatic heterocycles. The van der Waals surface area contributed by atoms with Crippen LogP contribution in [0, 0.1) is 11.3 Å². The topological polar surface area (TPSA) is 39.4 Å². The number of ether oxygens (including phenoxy) is 1. The standard InChI is InChI=1S/C26H35F2N3OSi/c1-18(2)26(27,28)21-9-7-8-10-22(21)29-16-23-20-13-19-14-25(19,3)15-24(20)31(30-23)17-32-11-12-33(4,5)6/h7-10,16,19H,1,11-15,17H2,2-6H3/b29-16+/t19-,25-/m1/s1. The van der Waals surface area contributed by atoms with Crippen molar-refractivity contribution in [3.8, 4) is 0 Å². The van der Waals surface area contributed by atoms with Gasteiger partial charge >= 0.3 is 0 Å². The first-order valence-corrected chi connectivity index (χ1v) is 15.5. The van der Waals surface area contributed by atoms with Gasteiger partial charge in [0.25, 0.3) is 5.92 Å². The second-order valence-electron chi connectivity index (χ2n) is 11.2. The number of nitrogens with zero attached hydrogens (tertiary/aromatic N) is 3. The molecule has 4 nitrogen and oxygen atoms in total. The number of aliphatic imine (C=N–C) groups is 1. The maximum absolute atomic E-state index is 14.7. The highest BCUT2D eigenvalue weighted by Crippen LogP contribution is 2.59. The van der Waals surface area contributed by atoms with Gasteiger partial charge < -0.3 is 4.74 Å². The van der Waals surface area contributed by atoms with E-state index in [0.717, 1.165) is 31.2 Å². The van der Waals surface area contributed by atoms with Gasteiger partial charge in [-0.15, -0.1) is 0 Å². The van der Waals surface area contributed by atoms with Crippen LogP contribution in [0.15, 0.2) is 41.4 Å². The fraction of sp³-hybridized carbons (Fsp3) is 0.538. The van der Waals surface area contributed by atoms with E-state index in [-0.39, 0.29) is 16.8 Å². The van der Waals surface area contributed by atoms with Gasteiger partial charge in [-0.1, -0.05) is 51.3 Å². The second-order valence-corrected chi connectivity index (χ2v) is 16.8. The van der Waals surface area contributed by atoms with E-state index in [2.05, 4.69) is 38.1 Å². The highest BCUT2D eigenvalue weighted by Gasteiger charge is 2.53. The molecule has 1 heterocycles. The highest BCUT2D eigenvalue weighted by molar-refractivity contribution is 6.76. The summed E-state index contributed by atoms with van der Waals surface area (Å²) in [4.78, 5) is 4.47. The van der Waals surface area contributed by atoms with Crippen LogP contribution in [0.3, 0.4) is 0 Å². The summed E-state index contributed by atoms with van der Waals surface area (Å²) in [6, 6.07) is 7.47. The smallest absolute Gasteiger partial charge is 0.296 e. The van der Waals surface area contributed by atoms with Crippen molar-refractivity contribution in [2.24, 2.45) is 16.3 Å². The number of fused-ring (bicyclic) bond motifs is 2. The maximum Gasteiger partial charge on any atom is 0.296 e. The highest BCUT2D eigenvalue weighted by atomic mass is 28.3. The van der Waals surface area contributed by atoms with Crippen molar-refractivity contribution in [1.82, 2.24) is 9.78 Å². The number of rotatable bonds is 9. The van der Waals surface area contributed by atoms with Gasteiger partial charge in [-0.05, 0) is 55.2 Å². The van der Waals surface area contributed by atoms with Crippen LogP contribution in [0.25, 0.3) is 0 Å². The molecule has 0 saturated heterocycles. The van der Waals surface area contributed by atoms with Gasteiger partial charge in [0, 0.05) is 25.9 Å². The molecule has 1 fully saturated rings. The molecule has 0 spiro atoms. The Labute approximate surface area is 196 Å². The van der Waals surface area contributed by atoms with Gasteiger partial charge in [0.15, 0.2) is 0 Å². The fourth-order valence-electron chi connectivity index (χ4n) is 4.59. The molecule has 7 heteroatoms. The van der Waals surface area contributed by atoms with Gasteiger partial charge in [0.05, 0.1) is 17.5 Å². The third kappa shape index (κ3) is 5.04. The molecule has 0 amide bonds. The molecule has 1 saturated carbocycles. The molecule has 4 rings (SSSR count). The number of aromatic nitrogens is 2. The molecule has 2 aromatic rings. The van der Waals surface area contributed by atoms with Crippen molar-refractivity contribution in [3.63, 3.8) is 0 Å². The lowest BCUT2D eigenvalue weighted by molar-refractivity contribution is 0.0392. The van der Waals surface area contributed by atoms with E-state index in [4.69, 9.17) is 9.84 Å². The SMILES string of the molecule is C=C(C)C(F)(F)c1ccccc1/N=C/c1nn(COCC[Si](C)(C)C)c2c1C[C@@H]1C[C@]1(C)C2. The molecule has 2 aliphatic carbocycles. The summed E-state index contributed by atoms with van der Waals surface area (Å²) < 4.78 is 37.3. The lowest BCUT2D eigenvalue weighted by Gasteiger charge is -2.20. The summed E-state index contributed by atoms with van der Waals surface area (Å²) in [7, 11) is -1.16. The van der Waals surface area contributed by atoms with E-state index in [1.54, 1.807) is 24.4 Å². The average molecular weight is 472 g/mol.